The lowest BCUT2D eigenvalue weighted by atomic mass is 9.81. The predicted molar refractivity (Wildman–Crippen MR) is 122 cm³/mol. The summed E-state index contributed by atoms with van der Waals surface area (Å²) in [5.74, 6) is 1.82. The van der Waals surface area contributed by atoms with Crippen molar-refractivity contribution < 1.29 is 19.0 Å². The highest BCUT2D eigenvalue weighted by molar-refractivity contribution is 6.02. The number of para-hydroxylation sites is 2. The number of hydrogen-bond donors (Lipinski definition) is 1. The number of fused-ring (bicyclic) bond motifs is 1. The second-order valence-electron chi connectivity index (χ2n) is 8.12. The van der Waals surface area contributed by atoms with E-state index in [1.807, 2.05) is 18.2 Å². The SMILES string of the molecule is COc1cc2c(c(OC)c1OC)CCC(CN1CCN(c3ccccc3N)CC1)C2=O. The third-order valence-corrected chi connectivity index (χ3v) is 6.44. The van der Waals surface area contributed by atoms with Crippen LogP contribution in [0.2, 0.25) is 0 Å². The van der Waals surface area contributed by atoms with E-state index in [9.17, 15) is 4.79 Å². The van der Waals surface area contributed by atoms with Crippen molar-refractivity contribution in [3.8, 4) is 17.2 Å². The number of piperazine rings is 1. The Hall–Kier alpha value is -2.93. The van der Waals surface area contributed by atoms with Crippen LogP contribution in [0.1, 0.15) is 22.3 Å². The Morgan fingerprint density at radius 1 is 1.00 bits per heavy atom. The Morgan fingerprint density at radius 3 is 2.35 bits per heavy atom. The quantitative estimate of drug-likeness (QED) is 0.713. The van der Waals surface area contributed by atoms with E-state index in [0.717, 1.165) is 62.5 Å². The monoisotopic (exact) mass is 425 g/mol. The molecule has 0 aromatic heterocycles. The standard InChI is InChI=1S/C24H31N3O4/c1-29-21-14-18-17(23(30-2)24(21)31-3)9-8-16(22(18)28)15-26-10-12-27(13-11-26)20-7-5-4-6-19(20)25/h4-7,14,16H,8-13,15,25H2,1-3H3. The number of ketones is 1. The number of anilines is 2. The molecule has 7 nitrogen and oxygen atoms in total. The highest BCUT2D eigenvalue weighted by Gasteiger charge is 2.34. The van der Waals surface area contributed by atoms with Gasteiger partial charge in [0.15, 0.2) is 17.3 Å². The van der Waals surface area contributed by atoms with Gasteiger partial charge in [-0.05, 0) is 31.0 Å². The Kier molecular flexibility index (Phi) is 6.23. The number of nitrogens with zero attached hydrogens (tertiary/aromatic N) is 2. The van der Waals surface area contributed by atoms with Crippen molar-refractivity contribution in [2.45, 2.75) is 12.8 Å². The van der Waals surface area contributed by atoms with E-state index in [-0.39, 0.29) is 11.7 Å². The third-order valence-electron chi connectivity index (χ3n) is 6.44. The van der Waals surface area contributed by atoms with Crippen LogP contribution in [-0.2, 0) is 6.42 Å². The molecule has 0 amide bonds. The molecule has 1 atom stereocenters. The Morgan fingerprint density at radius 2 is 1.71 bits per heavy atom. The van der Waals surface area contributed by atoms with E-state index in [1.165, 1.54) is 0 Å². The zero-order chi connectivity index (χ0) is 22.0. The Balaban J connectivity index is 1.45. The smallest absolute Gasteiger partial charge is 0.203 e. The lowest BCUT2D eigenvalue weighted by Gasteiger charge is -2.38. The van der Waals surface area contributed by atoms with E-state index in [1.54, 1.807) is 27.4 Å². The van der Waals surface area contributed by atoms with Gasteiger partial charge in [0.05, 0.1) is 32.7 Å². The lowest BCUT2D eigenvalue weighted by molar-refractivity contribution is 0.0852. The second-order valence-corrected chi connectivity index (χ2v) is 8.12. The highest BCUT2D eigenvalue weighted by Crippen LogP contribution is 2.45. The van der Waals surface area contributed by atoms with Crippen LogP contribution in [0, 0.1) is 5.92 Å². The fourth-order valence-electron chi connectivity index (χ4n) is 4.79. The van der Waals surface area contributed by atoms with Crippen molar-refractivity contribution in [3.63, 3.8) is 0 Å². The molecular weight excluding hydrogens is 394 g/mol. The van der Waals surface area contributed by atoms with Gasteiger partial charge in [-0.1, -0.05) is 12.1 Å². The molecule has 1 unspecified atom stereocenters. The molecule has 2 aromatic rings. The molecule has 31 heavy (non-hydrogen) atoms. The van der Waals surface area contributed by atoms with Crippen LogP contribution < -0.4 is 24.8 Å². The first-order valence-electron chi connectivity index (χ1n) is 10.7. The normalized spacial score (nSPS) is 19.1. The number of carbonyl (C=O) groups excluding carboxylic acids is 1. The van der Waals surface area contributed by atoms with E-state index < -0.39 is 0 Å². The first kappa shape index (κ1) is 21.3. The first-order chi connectivity index (χ1) is 15.1. The topological polar surface area (TPSA) is 77.3 Å². The van der Waals surface area contributed by atoms with Gasteiger partial charge in [-0.25, -0.2) is 0 Å². The molecule has 166 valence electrons. The van der Waals surface area contributed by atoms with E-state index in [0.29, 0.717) is 22.8 Å². The maximum absolute atomic E-state index is 13.4. The van der Waals surface area contributed by atoms with Crippen LogP contribution in [0.4, 0.5) is 11.4 Å². The summed E-state index contributed by atoms with van der Waals surface area (Å²) >= 11 is 0. The molecule has 7 heteroatoms. The van der Waals surface area contributed by atoms with Crippen LogP contribution in [0.5, 0.6) is 17.2 Å². The maximum atomic E-state index is 13.4. The minimum atomic E-state index is -0.0244. The molecule has 0 saturated carbocycles. The van der Waals surface area contributed by atoms with Gasteiger partial charge in [0, 0.05) is 49.8 Å². The van der Waals surface area contributed by atoms with Crippen LogP contribution in [0.15, 0.2) is 30.3 Å². The molecule has 2 N–H and O–H groups in total. The average Bonchev–Trinajstić information content (AvgIpc) is 2.80. The molecule has 4 rings (SSSR count). The number of nitrogens with two attached hydrogens (primary N) is 1. The summed E-state index contributed by atoms with van der Waals surface area (Å²) in [7, 11) is 4.77. The largest absolute Gasteiger partial charge is 0.493 e. The fraction of sp³-hybridized carbons (Fsp3) is 0.458. The molecule has 1 fully saturated rings. The molecule has 0 bridgehead atoms. The van der Waals surface area contributed by atoms with Crippen LogP contribution >= 0.6 is 0 Å². The number of ether oxygens (including phenoxy) is 3. The minimum absolute atomic E-state index is 0.0244. The van der Waals surface area contributed by atoms with Crippen molar-refractivity contribution in [1.29, 1.82) is 0 Å². The van der Waals surface area contributed by atoms with Crippen LogP contribution in [-0.4, -0.2) is 64.7 Å². The molecule has 1 aliphatic heterocycles. The van der Waals surface area contributed by atoms with Gasteiger partial charge in [0.2, 0.25) is 5.75 Å². The van der Waals surface area contributed by atoms with Gasteiger partial charge in [-0.15, -0.1) is 0 Å². The minimum Gasteiger partial charge on any atom is -0.493 e. The van der Waals surface area contributed by atoms with Crippen LogP contribution in [0.3, 0.4) is 0 Å². The fourth-order valence-corrected chi connectivity index (χ4v) is 4.79. The summed E-state index contributed by atoms with van der Waals surface area (Å²) < 4.78 is 16.5. The molecule has 0 radical (unpaired) electrons. The van der Waals surface area contributed by atoms with Crippen molar-refractivity contribution in [3.05, 3.63) is 41.5 Å². The third kappa shape index (κ3) is 4.02. The summed E-state index contributed by atoms with van der Waals surface area (Å²) in [6.07, 6.45) is 1.60. The van der Waals surface area contributed by atoms with Gasteiger partial charge in [0.25, 0.3) is 0 Å². The number of methoxy groups -OCH3 is 3. The summed E-state index contributed by atoms with van der Waals surface area (Å²) in [6.45, 7) is 4.42. The second kappa shape index (κ2) is 9.06. The number of rotatable bonds is 6. The van der Waals surface area contributed by atoms with Crippen molar-refractivity contribution in [1.82, 2.24) is 4.90 Å². The number of Topliss-reactive ketones (excluding diaryl/α,β-unsaturated/α-hetero) is 1. The summed E-state index contributed by atoms with van der Waals surface area (Å²) in [5, 5.41) is 0. The summed E-state index contributed by atoms with van der Waals surface area (Å²) in [5.41, 5.74) is 9.66. The number of hydrogen-bond acceptors (Lipinski definition) is 7. The highest BCUT2D eigenvalue weighted by atomic mass is 16.5. The molecule has 1 heterocycles. The summed E-state index contributed by atoms with van der Waals surface area (Å²) in [6, 6.07) is 9.80. The predicted octanol–water partition coefficient (Wildman–Crippen LogP) is 2.86. The molecular formula is C24H31N3O4. The molecule has 1 aliphatic carbocycles. The number of benzene rings is 2. The summed E-state index contributed by atoms with van der Waals surface area (Å²) in [4.78, 5) is 18.1. The zero-order valence-electron chi connectivity index (χ0n) is 18.5. The molecule has 2 aromatic carbocycles. The van der Waals surface area contributed by atoms with Crippen LogP contribution in [0.25, 0.3) is 0 Å². The maximum Gasteiger partial charge on any atom is 0.203 e. The zero-order valence-corrected chi connectivity index (χ0v) is 18.5. The van der Waals surface area contributed by atoms with Gasteiger partial charge in [-0.3, -0.25) is 9.69 Å². The average molecular weight is 426 g/mol. The Bertz CT molecular complexity index is 954. The molecule has 2 aliphatic rings. The van der Waals surface area contributed by atoms with Gasteiger partial charge < -0.3 is 24.8 Å². The molecule has 0 spiro atoms. The lowest BCUT2D eigenvalue weighted by Crippen LogP contribution is -2.49. The van der Waals surface area contributed by atoms with E-state index >= 15 is 0 Å². The van der Waals surface area contributed by atoms with Gasteiger partial charge in [0.1, 0.15) is 0 Å². The number of carbonyl (C=O) groups is 1. The van der Waals surface area contributed by atoms with Gasteiger partial charge >= 0.3 is 0 Å². The van der Waals surface area contributed by atoms with Gasteiger partial charge in [-0.2, -0.15) is 0 Å². The van der Waals surface area contributed by atoms with E-state index in [2.05, 4.69) is 15.9 Å². The Labute approximate surface area is 183 Å². The van der Waals surface area contributed by atoms with Crippen molar-refractivity contribution in [2.24, 2.45) is 5.92 Å². The van der Waals surface area contributed by atoms with E-state index in [4.69, 9.17) is 19.9 Å². The number of nitrogen functional groups attached to an aromatic ring is 1. The van der Waals surface area contributed by atoms with Crippen molar-refractivity contribution >= 4 is 17.2 Å². The molecule has 1 saturated heterocycles. The first-order valence-corrected chi connectivity index (χ1v) is 10.7. The van der Waals surface area contributed by atoms with Crippen molar-refractivity contribution in [2.75, 3.05) is 64.7 Å².